The Bertz CT molecular complexity index is 657. The number of alkyl halides is 17. The van der Waals surface area contributed by atoms with Gasteiger partial charge in [-0.05, 0) is 6.92 Å². The summed E-state index contributed by atoms with van der Waals surface area (Å²) in [4.78, 5) is 0. The molecule has 1 unspecified atom stereocenters. The van der Waals surface area contributed by atoms with Crippen LogP contribution in [0.15, 0.2) is 0 Å². The molecule has 0 aliphatic carbocycles. The van der Waals surface area contributed by atoms with E-state index in [9.17, 15) is 74.6 Å². The van der Waals surface area contributed by atoms with Crippen molar-refractivity contribution in [3.8, 4) is 0 Å². The van der Waals surface area contributed by atoms with Crippen molar-refractivity contribution >= 4 is 0 Å². The van der Waals surface area contributed by atoms with Gasteiger partial charge in [0.2, 0.25) is 0 Å². The lowest BCUT2D eigenvalue weighted by molar-refractivity contribution is -0.975. The van der Waals surface area contributed by atoms with E-state index in [2.05, 4.69) is 0 Å². The summed E-state index contributed by atoms with van der Waals surface area (Å²) in [6, 6.07) is -6.43. The summed E-state index contributed by atoms with van der Waals surface area (Å²) in [6.45, 7) is -0.634. The van der Waals surface area contributed by atoms with Crippen molar-refractivity contribution in [1.82, 2.24) is 0 Å². The second-order valence-electron chi connectivity index (χ2n) is 7.24. The highest BCUT2D eigenvalue weighted by Crippen LogP contribution is 2.64. The highest BCUT2D eigenvalue weighted by Gasteiger charge is 2.96. The van der Waals surface area contributed by atoms with Gasteiger partial charge in [-0.25, -0.2) is 4.39 Å². The fourth-order valence-electron chi connectivity index (χ4n) is 1.86. The molecule has 0 heterocycles. The van der Waals surface area contributed by atoms with Gasteiger partial charge in [-0.2, -0.15) is 61.5 Å². The van der Waals surface area contributed by atoms with E-state index in [0.29, 0.717) is 0 Å². The number of halogens is 17. The molecule has 0 aromatic rings. The summed E-state index contributed by atoms with van der Waals surface area (Å²) in [5.41, 5.74) is 0. The number of rotatable bonds is 9. The van der Waals surface area contributed by atoms with Crippen LogP contribution in [-0.2, 0) is 0 Å². The Morgan fingerprint density at radius 1 is 0.452 bits per heavy atom. The Kier molecular flexibility index (Phi) is 6.85. The van der Waals surface area contributed by atoms with Crippen molar-refractivity contribution in [1.29, 1.82) is 0 Å². The molecule has 0 aromatic heterocycles. The molecule has 0 spiro atoms. The highest BCUT2D eigenvalue weighted by atomic mass is 19.4. The van der Waals surface area contributed by atoms with Crippen molar-refractivity contribution in [2.75, 3.05) is 21.1 Å². The SMILES string of the molecule is CC(F)C(F)(F)C(F)(F)C(F)(F)C(F)(F)C(F)(F)C(F)(F)C(F)(F)C(F)(F)[N+](C)(C)C. The molecule has 0 bridgehead atoms. The summed E-state index contributed by atoms with van der Waals surface area (Å²) >= 11 is 0. The van der Waals surface area contributed by atoms with E-state index in [1.807, 2.05) is 0 Å². The van der Waals surface area contributed by atoms with E-state index in [-0.39, 0.29) is 21.1 Å². The first-order valence-electron chi connectivity index (χ1n) is 7.42. The summed E-state index contributed by atoms with van der Waals surface area (Å²) in [5.74, 6) is -56.0. The molecule has 31 heavy (non-hydrogen) atoms. The largest absolute Gasteiger partial charge is 0.461 e. The Morgan fingerprint density at radius 3 is 0.903 bits per heavy atom. The number of hydrogen-bond donors (Lipinski definition) is 0. The Hall–Kier alpha value is -1.23. The molecule has 0 aromatic carbocycles. The summed E-state index contributed by atoms with van der Waals surface area (Å²) < 4.78 is 225. The first-order valence-corrected chi connectivity index (χ1v) is 7.42. The van der Waals surface area contributed by atoms with Gasteiger partial charge >= 0.3 is 47.5 Å². The number of nitrogens with zero attached hydrogens (tertiary/aromatic N) is 1. The quantitative estimate of drug-likeness (QED) is 0.202. The summed E-state index contributed by atoms with van der Waals surface area (Å²) in [7, 11) is -0.148. The molecule has 188 valence electrons. The standard InChI is InChI=1S/C13H13F17N/c1-5(14)6(15,16)7(17,18)8(19,20)9(21,22)10(23,24)11(25,26)12(27,28)13(29,30)31(2,3)4/h5H,1-4H3/q+1. The smallest absolute Gasteiger partial charge is 0.265 e. The second-order valence-corrected chi connectivity index (χ2v) is 7.24. The first kappa shape index (κ1) is 29.8. The summed E-state index contributed by atoms with van der Waals surface area (Å²) in [5, 5.41) is 0. The van der Waals surface area contributed by atoms with Crippen LogP contribution >= 0.6 is 0 Å². The monoisotopic (exact) mass is 506 g/mol. The van der Waals surface area contributed by atoms with Gasteiger partial charge in [0.15, 0.2) is 6.17 Å². The van der Waals surface area contributed by atoms with Gasteiger partial charge < -0.3 is 0 Å². The zero-order valence-electron chi connectivity index (χ0n) is 15.4. The zero-order chi connectivity index (χ0) is 26.1. The predicted octanol–water partition coefficient (Wildman–Crippen LogP) is 6.09. The molecular weight excluding hydrogens is 493 g/mol. The topological polar surface area (TPSA) is 0 Å². The third-order valence-electron chi connectivity index (χ3n) is 4.11. The number of hydrogen-bond acceptors (Lipinski definition) is 0. The van der Waals surface area contributed by atoms with Gasteiger partial charge in [0.05, 0.1) is 21.1 Å². The lowest BCUT2D eigenvalue weighted by Crippen LogP contribution is -2.77. The van der Waals surface area contributed by atoms with Crippen molar-refractivity contribution in [3.05, 3.63) is 0 Å². The molecule has 0 fully saturated rings. The molecule has 0 radical (unpaired) electrons. The Labute approximate surface area is 162 Å². The molecule has 1 atom stereocenters. The van der Waals surface area contributed by atoms with Crippen LogP contribution in [0.3, 0.4) is 0 Å². The van der Waals surface area contributed by atoms with Crippen LogP contribution in [0.5, 0.6) is 0 Å². The molecular formula is C13H13F17N+. The van der Waals surface area contributed by atoms with Gasteiger partial charge in [0, 0.05) is 0 Å². The van der Waals surface area contributed by atoms with Crippen LogP contribution in [-0.4, -0.2) is 79.3 Å². The minimum Gasteiger partial charge on any atom is -0.265 e. The maximum absolute atomic E-state index is 13.6. The van der Waals surface area contributed by atoms with Crippen molar-refractivity contribution in [2.24, 2.45) is 0 Å². The normalized spacial score (nSPS) is 17.7. The molecule has 0 saturated heterocycles. The lowest BCUT2D eigenvalue weighted by Gasteiger charge is -2.45. The van der Waals surface area contributed by atoms with Crippen molar-refractivity contribution in [2.45, 2.75) is 60.6 Å². The Morgan fingerprint density at radius 2 is 0.677 bits per heavy atom. The van der Waals surface area contributed by atoms with Crippen molar-refractivity contribution < 1.29 is 79.1 Å². The van der Waals surface area contributed by atoms with Gasteiger partial charge in [-0.1, -0.05) is 0 Å². The number of quaternary nitrogens is 1. The maximum Gasteiger partial charge on any atom is 0.461 e. The van der Waals surface area contributed by atoms with E-state index in [1.54, 1.807) is 0 Å². The molecule has 0 aliphatic heterocycles. The summed E-state index contributed by atoms with van der Waals surface area (Å²) in [6.07, 6.45) is -4.47. The van der Waals surface area contributed by atoms with E-state index in [4.69, 9.17) is 0 Å². The van der Waals surface area contributed by atoms with Gasteiger partial charge in [0.25, 0.3) is 0 Å². The minimum absolute atomic E-state index is 0.0494. The van der Waals surface area contributed by atoms with Gasteiger partial charge in [-0.3, -0.25) is 4.48 Å². The third-order valence-corrected chi connectivity index (χ3v) is 4.11. The molecule has 0 amide bonds. The second kappa shape index (κ2) is 7.13. The highest BCUT2D eigenvalue weighted by molar-refractivity contribution is 5.15. The van der Waals surface area contributed by atoms with Crippen molar-refractivity contribution in [3.63, 3.8) is 0 Å². The van der Waals surface area contributed by atoms with E-state index in [0.717, 1.165) is 0 Å². The van der Waals surface area contributed by atoms with E-state index < -0.39 is 65.1 Å². The van der Waals surface area contributed by atoms with E-state index >= 15 is 0 Å². The van der Waals surface area contributed by atoms with Gasteiger partial charge in [-0.15, -0.1) is 8.78 Å². The van der Waals surface area contributed by atoms with E-state index in [1.165, 1.54) is 0 Å². The first-order chi connectivity index (χ1) is 12.9. The van der Waals surface area contributed by atoms with Crippen LogP contribution in [0, 0.1) is 0 Å². The minimum atomic E-state index is -8.53. The fraction of sp³-hybridized carbons (Fsp3) is 1.00. The molecule has 0 rings (SSSR count). The van der Waals surface area contributed by atoms with Crippen LogP contribution in [0.25, 0.3) is 0 Å². The maximum atomic E-state index is 13.6. The molecule has 1 nitrogen and oxygen atoms in total. The van der Waals surface area contributed by atoms with Crippen LogP contribution in [0.1, 0.15) is 6.92 Å². The van der Waals surface area contributed by atoms with Crippen LogP contribution < -0.4 is 0 Å². The average molecular weight is 506 g/mol. The predicted molar refractivity (Wildman–Crippen MR) is 68.2 cm³/mol. The zero-order valence-corrected chi connectivity index (χ0v) is 15.4. The van der Waals surface area contributed by atoms with Crippen LogP contribution in [0.4, 0.5) is 74.6 Å². The van der Waals surface area contributed by atoms with Crippen LogP contribution in [0.2, 0.25) is 0 Å². The lowest BCUT2D eigenvalue weighted by atomic mass is 9.87. The fourth-order valence-corrected chi connectivity index (χ4v) is 1.86. The van der Waals surface area contributed by atoms with Gasteiger partial charge in [0.1, 0.15) is 0 Å². The Balaban J connectivity index is 6.91. The molecule has 18 heteroatoms. The third kappa shape index (κ3) is 3.50. The molecule has 0 aliphatic rings. The average Bonchev–Trinajstić information content (AvgIpc) is 2.52. The molecule has 0 saturated carbocycles. The molecule has 0 N–H and O–H groups in total.